The Morgan fingerprint density at radius 1 is 1.25 bits per heavy atom. The second-order valence-electron chi connectivity index (χ2n) is 6.41. The molecule has 2 unspecified atom stereocenters. The van der Waals surface area contributed by atoms with E-state index in [-0.39, 0.29) is 17.2 Å². The number of ether oxygens (including phenoxy) is 2. The number of carbonyl (C=O) groups is 2. The van der Waals surface area contributed by atoms with Gasteiger partial charge in [-0.15, -0.1) is 11.8 Å². The van der Waals surface area contributed by atoms with Crippen LogP contribution in [0.3, 0.4) is 0 Å². The van der Waals surface area contributed by atoms with Crippen LogP contribution in [0, 0.1) is 0 Å². The molecule has 3 rings (SSSR count). The lowest BCUT2D eigenvalue weighted by Gasteiger charge is -2.27. The summed E-state index contributed by atoms with van der Waals surface area (Å²) < 4.78 is 15.7. The molecule has 0 spiro atoms. The molecule has 0 aliphatic carbocycles. The molecule has 1 aromatic carbocycles. The number of carbonyl (C=O) groups excluding carboxylic acids is 2. The number of hydrogen-bond acceptors (Lipinski definition) is 6. The van der Waals surface area contributed by atoms with Crippen LogP contribution in [0.2, 0.25) is 0 Å². The van der Waals surface area contributed by atoms with Gasteiger partial charge in [-0.25, -0.2) is 0 Å². The standard InChI is InChI=1S/C20H24N2O5S/c1-13(23)22-16(12-28-20(22)15-7-9-27-11-15)19(24)21-8-6-14-4-5-17(25-2)18(10-14)26-3/h4-5,7,9-11,16,20H,6,8,12H2,1-3H3,(H,21,24). The van der Waals surface area contributed by atoms with Crippen LogP contribution in [0.15, 0.2) is 41.2 Å². The molecule has 2 heterocycles. The van der Waals surface area contributed by atoms with Gasteiger partial charge >= 0.3 is 0 Å². The number of thioether (sulfide) groups is 1. The molecule has 2 aromatic rings. The van der Waals surface area contributed by atoms with Crippen molar-refractivity contribution in [1.29, 1.82) is 0 Å². The van der Waals surface area contributed by atoms with E-state index >= 15 is 0 Å². The zero-order valence-electron chi connectivity index (χ0n) is 16.1. The molecule has 150 valence electrons. The molecule has 1 N–H and O–H groups in total. The average molecular weight is 404 g/mol. The van der Waals surface area contributed by atoms with Crippen molar-refractivity contribution in [2.45, 2.75) is 24.8 Å². The van der Waals surface area contributed by atoms with Gasteiger partial charge in [-0.1, -0.05) is 6.07 Å². The Kier molecular flexibility index (Phi) is 6.51. The number of benzene rings is 1. The van der Waals surface area contributed by atoms with Crippen LogP contribution in [-0.4, -0.2) is 49.3 Å². The second-order valence-corrected chi connectivity index (χ2v) is 7.53. The number of nitrogens with one attached hydrogen (secondary N) is 1. The summed E-state index contributed by atoms with van der Waals surface area (Å²) in [7, 11) is 3.18. The van der Waals surface area contributed by atoms with E-state index in [2.05, 4.69) is 5.32 Å². The van der Waals surface area contributed by atoms with Gasteiger partial charge in [-0.2, -0.15) is 0 Å². The molecule has 1 aromatic heterocycles. The number of furan rings is 1. The summed E-state index contributed by atoms with van der Waals surface area (Å²) in [6, 6.07) is 7.01. The zero-order valence-corrected chi connectivity index (χ0v) is 17.0. The van der Waals surface area contributed by atoms with E-state index in [1.54, 1.807) is 43.4 Å². The summed E-state index contributed by atoms with van der Waals surface area (Å²) in [5, 5.41) is 2.75. The van der Waals surface area contributed by atoms with Gasteiger partial charge in [0.1, 0.15) is 11.4 Å². The van der Waals surface area contributed by atoms with Gasteiger partial charge in [0.05, 0.1) is 26.7 Å². The highest BCUT2D eigenvalue weighted by Crippen LogP contribution is 2.41. The van der Waals surface area contributed by atoms with Gasteiger partial charge in [0, 0.05) is 24.8 Å². The summed E-state index contributed by atoms with van der Waals surface area (Å²) in [4.78, 5) is 26.5. The lowest BCUT2D eigenvalue weighted by atomic mass is 10.1. The predicted molar refractivity (Wildman–Crippen MR) is 106 cm³/mol. The van der Waals surface area contributed by atoms with Gasteiger partial charge in [0.15, 0.2) is 11.5 Å². The minimum Gasteiger partial charge on any atom is -0.493 e. The van der Waals surface area contributed by atoms with Crippen LogP contribution in [0.5, 0.6) is 11.5 Å². The Bertz CT molecular complexity index is 824. The summed E-state index contributed by atoms with van der Waals surface area (Å²) >= 11 is 1.57. The summed E-state index contributed by atoms with van der Waals surface area (Å²) in [6.45, 7) is 1.96. The van der Waals surface area contributed by atoms with Crippen molar-refractivity contribution >= 4 is 23.6 Å². The Morgan fingerprint density at radius 2 is 2.04 bits per heavy atom. The molecule has 0 radical (unpaired) electrons. The quantitative estimate of drug-likeness (QED) is 0.764. The van der Waals surface area contributed by atoms with Crippen LogP contribution >= 0.6 is 11.8 Å². The highest BCUT2D eigenvalue weighted by atomic mass is 32.2. The Labute approximate surface area is 168 Å². The normalized spacial score (nSPS) is 18.8. The molecule has 0 bridgehead atoms. The topological polar surface area (TPSA) is 81.0 Å². The van der Waals surface area contributed by atoms with Gasteiger partial charge in [-0.05, 0) is 30.2 Å². The van der Waals surface area contributed by atoms with Crippen molar-refractivity contribution in [2.75, 3.05) is 26.5 Å². The van der Waals surface area contributed by atoms with E-state index in [9.17, 15) is 9.59 Å². The molecule has 28 heavy (non-hydrogen) atoms. The third-order valence-corrected chi connectivity index (χ3v) is 5.98. The van der Waals surface area contributed by atoms with Gasteiger partial charge in [-0.3, -0.25) is 9.59 Å². The summed E-state index contributed by atoms with van der Waals surface area (Å²) in [5.74, 6) is 1.60. The van der Waals surface area contributed by atoms with E-state index in [4.69, 9.17) is 13.9 Å². The van der Waals surface area contributed by atoms with Crippen molar-refractivity contribution in [1.82, 2.24) is 10.2 Å². The maximum Gasteiger partial charge on any atom is 0.243 e. The van der Waals surface area contributed by atoms with E-state index in [1.807, 2.05) is 24.3 Å². The minimum absolute atomic E-state index is 0.128. The zero-order chi connectivity index (χ0) is 20.1. The number of rotatable bonds is 7. The van der Waals surface area contributed by atoms with Crippen molar-refractivity contribution in [3.05, 3.63) is 47.9 Å². The fourth-order valence-corrected chi connectivity index (χ4v) is 4.71. The molecule has 0 saturated carbocycles. The first-order valence-electron chi connectivity index (χ1n) is 8.96. The van der Waals surface area contributed by atoms with Crippen LogP contribution < -0.4 is 14.8 Å². The number of amides is 2. The fourth-order valence-electron chi connectivity index (χ4n) is 3.25. The van der Waals surface area contributed by atoms with E-state index in [0.29, 0.717) is 30.2 Å². The molecule has 2 amide bonds. The predicted octanol–water partition coefficient (Wildman–Crippen LogP) is 2.62. The second kappa shape index (κ2) is 9.05. The molecule has 1 saturated heterocycles. The summed E-state index contributed by atoms with van der Waals surface area (Å²) in [6.07, 6.45) is 3.84. The Hall–Kier alpha value is -2.61. The molecule has 1 fully saturated rings. The first-order valence-corrected chi connectivity index (χ1v) is 10.0. The minimum atomic E-state index is -0.493. The van der Waals surface area contributed by atoms with Crippen molar-refractivity contribution in [3.8, 4) is 11.5 Å². The number of nitrogens with zero attached hydrogens (tertiary/aromatic N) is 1. The molecular weight excluding hydrogens is 380 g/mol. The first-order chi connectivity index (χ1) is 13.5. The first kappa shape index (κ1) is 20.1. The van der Waals surface area contributed by atoms with Crippen molar-refractivity contribution in [2.24, 2.45) is 0 Å². The van der Waals surface area contributed by atoms with Gasteiger partial charge in [0.2, 0.25) is 11.8 Å². The molecule has 7 nitrogen and oxygen atoms in total. The molecular formula is C20H24N2O5S. The highest BCUT2D eigenvalue weighted by Gasteiger charge is 2.41. The van der Waals surface area contributed by atoms with Crippen LogP contribution in [0.4, 0.5) is 0 Å². The molecule has 8 heteroatoms. The van der Waals surface area contributed by atoms with E-state index in [0.717, 1.165) is 11.1 Å². The lowest BCUT2D eigenvalue weighted by Crippen LogP contribution is -2.47. The van der Waals surface area contributed by atoms with Crippen LogP contribution in [-0.2, 0) is 16.0 Å². The number of hydrogen-bond donors (Lipinski definition) is 1. The molecule has 1 aliphatic rings. The average Bonchev–Trinajstić information content (AvgIpc) is 3.37. The largest absolute Gasteiger partial charge is 0.493 e. The third kappa shape index (κ3) is 4.27. The summed E-state index contributed by atoms with van der Waals surface area (Å²) in [5.41, 5.74) is 1.92. The lowest BCUT2D eigenvalue weighted by molar-refractivity contribution is -0.138. The van der Waals surface area contributed by atoms with Gasteiger partial charge < -0.3 is 24.1 Å². The van der Waals surface area contributed by atoms with E-state index < -0.39 is 6.04 Å². The molecule has 2 atom stereocenters. The highest BCUT2D eigenvalue weighted by molar-refractivity contribution is 7.99. The SMILES string of the molecule is COc1ccc(CCNC(=O)C2CSC(c3ccoc3)N2C(C)=O)cc1OC. The maximum atomic E-state index is 12.7. The van der Waals surface area contributed by atoms with Crippen LogP contribution in [0.1, 0.15) is 23.4 Å². The third-order valence-electron chi connectivity index (χ3n) is 4.66. The van der Waals surface area contributed by atoms with Gasteiger partial charge in [0.25, 0.3) is 0 Å². The number of methoxy groups -OCH3 is 2. The fraction of sp³-hybridized carbons (Fsp3) is 0.400. The van der Waals surface area contributed by atoms with Crippen molar-refractivity contribution in [3.63, 3.8) is 0 Å². The Morgan fingerprint density at radius 3 is 2.68 bits per heavy atom. The van der Waals surface area contributed by atoms with Crippen molar-refractivity contribution < 1.29 is 23.5 Å². The van der Waals surface area contributed by atoms with E-state index in [1.165, 1.54) is 6.92 Å². The smallest absolute Gasteiger partial charge is 0.243 e. The molecule has 1 aliphatic heterocycles. The Balaban J connectivity index is 1.59. The van der Waals surface area contributed by atoms with Crippen LogP contribution in [0.25, 0.3) is 0 Å². The monoisotopic (exact) mass is 404 g/mol. The maximum absolute atomic E-state index is 12.7.